The molecule has 4 rings (SSSR count). The zero-order valence-corrected chi connectivity index (χ0v) is 20.4. The highest BCUT2D eigenvalue weighted by molar-refractivity contribution is 7.92. The predicted octanol–water partition coefficient (Wildman–Crippen LogP) is 2.31. The van der Waals surface area contributed by atoms with Gasteiger partial charge in [-0.3, -0.25) is 9.69 Å². The van der Waals surface area contributed by atoms with Gasteiger partial charge in [0.15, 0.2) is 21.3 Å². The quantitative estimate of drug-likeness (QED) is 0.294. The van der Waals surface area contributed by atoms with Crippen LogP contribution in [0, 0.1) is 0 Å². The number of carbonyl (C=O) groups is 2. The number of esters is 1. The first-order valence-electron chi connectivity index (χ1n) is 11.8. The van der Waals surface area contributed by atoms with Gasteiger partial charge in [-0.25, -0.2) is 13.2 Å². The largest absolute Gasteiger partial charge is 0.448 e. The molecule has 2 aliphatic heterocycles. The highest BCUT2D eigenvalue weighted by atomic mass is 32.2. The van der Waals surface area contributed by atoms with E-state index in [1.807, 2.05) is 60.7 Å². The van der Waals surface area contributed by atoms with E-state index in [1.54, 1.807) is 0 Å². The Hall–Kier alpha value is -3.01. The second-order valence-corrected chi connectivity index (χ2v) is 10.9. The fraction of sp³-hybridized carbons (Fsp3) is 0.385. The monoisotopic (exact) mass is 498 g/mol. The number of carbonyl (C=O) groups excluding carboxylic acids is 2. The minimum atomic E-state index is -3.79. The van der Waals surface area contributed by atoms with Crippen LogP contribution in [-0.2, 0) is 24.2 Å². The predicted molar refractivity (Wildman–Crippen MR) is 131 cm³/mol. The van der Waals surface area contributed by atoms with E-state index in [1.165, 1.54) is 0 Å². The summed E-state index contributed by atoms with van der Waals surface area (Å²) >= 11 is 0. The SMILES string of the molecule is CCCCCN[C@H]1C(=O)N2C(C(=O)OC(c3ccccc3)c3ccccc3)=C(CO)CS(=O)(=O)[C@H]12. The van der Waals surface area contributed by atoms with Crippen molar-refractivity contribution in [3.63, 3.8) is 0 Å². The molecule has 0 unspecified atom stereocenters. The third-order valence-corrected chi connectivity index (χ3v) is 8.29. The second-order valence-electron chi connectivity index (χ2n) is 8.76. The molecule has 0 bridgehead atoms. The molecule has 35 heavy (non-hydrogen) atoms. The van der Waals surface area contributed by atoms with Gasteiger partial charge < -0.3 is 15.2 Å². The Morgan fingerprint density at radius 2 is 1.69 bits per heavy atom. The molecule has 2 atom stereocenters. The summed E-state index contributed by atoms with van der Waals surface area (Å²) in [5.74, 6) is -1.86. The normalized spacial score (nSPS) is 21.0. The van der Waals surface area contributed by atoms with Gasteiger partial charge in [0.2, 0.25) is 5.91 Å². The van der Waals surface area contributed by atoms with Crippen molar-refractivity contribution in [1.29, 1.82) is 0 Å². The van der Waals surface area contributed by atoms with Gasteiger partial charge in [0, 0.05) is 5.57 Å². The molecular weight excluding hydrogens is 468 g/mol. The minimum Gasteiger partial charge on any atom is -0.448 e. The maximum Gasteiger partial charge on any atom is 0.356 e. The van der Waals surface area contributed by atoms with E-state index in [9.17, 15) is 23.1 Å². The number of aliphatic hydroxyl groups excluding tert-OH is 1. The molecule has 1 amide bonds. The van der Waals surface area contributed by atoms with Gasteiger partial charge in [-0.1, -0.05) is 80.4 Å². The molecule has 2 aliphatic rings. The van der Waals surface area contributed by atoms with Crippen molar-refractivity contribution in [1.82, 2.24) is 10.2 Å². The van der Waals surface area contributed by atoms with Crippen molar-refractivity contribution in [2.45, 2.75) is 43.7 Å². The first kappa shape index (κ1) is 25.1. The summed E-state index contributed by atoms with van der Waals surface area (Å²) < 4.78 is 31.8. The smallest absolute Gasteiger partial charge is 0.356 e. The third kappa shape index (κ3) is 5.03. The lowest BCUT2D eigenvalue weighted by atomic mass is 10.0. The highest BCUT2D eigenvalue weighted by Gasteiger charge is 2.60. The van der Waals surface area contributed by atoms with Crippen LogP contribution in [0.1, 0.15) is 43.4 Å². The number of nitrogens with zero attached hydrogens (tertiary/aromatic N) is 1. The summed E-state index contributed by atoms with van der Waals surface area (Å²) in [4.78, 5) is 27.5. The lowest BCUT2D eigenvalue weighted by Gasteiger charge is -2.49. The van der Waals surface area contributed by atoms with E-state index in [2.05, 4.69) is 12.2 Å². The van der Waals surface area contributed by atoms with Gasteiger partial charge in [-0.05, 0) is 24.1 Å². The summed E-state index contributed by atoms with van der Waals surface area (Å²) in [5, 5.41) is 11.8. The average molecular weight is 499 g/mol. The Balaban J connectivity index is 1.64. The Morgan fingerprint density at radius 1 is 1.09 bits per heavy atom. The van der Waals surface area contributed by atoms with Crippen LogP contribution in [0.15, 0.2) is 71.9 Å². The standard InChI is InChI=1S/C26H30N2O6S/c1-2-3-10-15-27-21-24(30)28-22(20(16-29)17-35(32,33)25(21)28)26(31)34-23(18-11-6-4-7-12-18)19-13-8-5-9-14-19/h4-9,11-14,21,23,25,27,29H,2-3,10,15-17H2,1H3/t21-,25+/m0/s1. The van der Waals surface area contributed by atoms with Crippen LogP contribution in [0.2, 0.25) is 0 Å². The van der Waals surface area contributed by atoms with Crippen molar-refractivity contribution in [2.75, 3.05) is 18.9 Å². The van der Waals surface area contributed by atoms with Gasteiger partial charge in [-0.15, -0.1) is 0 Å². The first-order valence-corrected chi connectivity index (χ1v) is 13.5. The Labute approximate surface area is 205 Å². The van der Waals surface area contributed by atoms with Gasteiger partial charge in [0.25, 0.3) is 0 Å². The van der Waals surface area contributed by atoms with Crippen LogP contribution >= 0.6 is 0 Å². The van der Waals surface area contributed by atoms with E-state index in [-0.39, 0.29) is 11.3 Å². The number of hydrogen-bond donors (Lipinski definition) is 2. The number of sulfone groups is 1. The van der Waals surface area contributed by atoms with Crippen molar-refractivity contribution < 1.29 is 27.9 Å². The van der Waals surface area contributed by atoms with E-state index < -0.39 is 51.6 Å². The molecule has 1 saturated heterocycles. The van der Waals surface area contributed by atoms with Gasteiger partial charge >= 0.3 is 5.97 Å². The van der Waals surface area contributed by atoms with Crippen LogP contribution in [-0.4, -0.2) is 60.6 Å². The van der Waals surface area contributed by atoms with Crippen LogP contribution in [0.3, 0.4) is 0 Å². The van der Waals surface area contributed by atoms with Crippen LogP contribution < -0.4 is 5.32 Å². The summed E-state index contributed by atoms with van der Waals surface area (Å²) in [7, 11) is -3.79. The molecule has 8 nitrogen and oxygen atoms in total. The second kappa shape index (κ2) is 10.7. The van der Waals surface area contributed by atoms with Crippen molar-refractivity contribution in [3.8, 4) is 0 Å². The molecule has 0 radical (unpaired) electrons. The van der Waals surface area contributed by atoms with Gasteiger partial charge in [0.1, 0.15) is 11.7 Å². The Morgan fingerprint density at radius 3 is 2.23 bits per heavy atom. The molecule has 2 aromatic rings. The number of rotatable bonds is 10. The highest BCUT2D eigenvalue weighted by Crippen LogP contribution is 2.38. The first-order chi connectivity index (χ1) is 16.9. The Bertz CT molecular complexity index is 1160. The van der Waals surface area contributed by atoms with Crippen molar-refractivity contribution in [3.05, 3.63) is 83.1 Å². The molecule has 2 N–H and O–H groups in total. The number of hydrogen-bond acceptors (Lipinski definition) is 7. The minimum absolute atomic E-state index is 0.0380. The number of ether oxygens (including phenoxy) is 1. The van der Waals surface area contributed by atoms with E-state index in [4.69, 9.17) is 4.74 Å². The molecular formula is C26H30N2O6S. The number of unbranched alkanes of at least 4 members (excludes halogenated alkanes) is 2. The van der Waals surface area contributed by atoms with E-state index >= 15 is 0 Å². The van der Waals surface area contributed by atoms with Crippen molar-refractivity contribution >= 4 is 21.7 Å². The number of fused-ring (bicyclic) bond motifs is 1. The lowest BCUT2D eigenvalue weighted by molar-refractivity contribution is -0.154. The summed E-state index contributed by atoms with van der Waals surface area (Å²) in [6.07, 6.45) is 2.00. The van der Waals surface area contributed by atoms with Crippen LogP contribution in [0.5, 0.6) is 0 Å². The summed E-state index contributed by atoms with van der Waals surface area (Å²) in [5.41, 5.74) is 1.23. The molecule has 0 aliphatic carbocycles. The average Bonchev–Trinajstić information content (AvgIpc) is 2.87. The molecule has 9 heteroatoms. The van der Waals surface area contributed by atoms with Crippen LogP contribution in [0.4, 0.5) is 0 Å². The zero-order chi connectivity index (χ0) is 25.0. The zero-order valence-electron chi connectivity index (χ0n) is 19.6. The summed E-state index contributed by atoms with van der Waals surface area (Å²) in [6.45, 7) is 1.89. The van der Waals surface area contributed by atoms with Crippen molar-refractivity contribution in [2.24, 2.45) is 0 Å². The fourth-order valence-electron chi connectivity index (χ4n) is 4.57. The molecule has 0 aromatic heterocycles. The molecule has 1 fully saturated rings. The number of benzene rings is 2. The van der Waals surface area contributed by atoms with Gasteiger partial charge in [0.05, 0.1) is 12.4 Å². The number of aliphatic hydroxyl groups is 1. The Kier molecular flexibility index (Phi) is 7.69. The van der Waals surface area contributed by atoms with Gasteiger partial charge in [-0.2, -0.15) is 0 Å². The summed E-state index contributed by atoms with van der Waals surface area (Å²) in [6, 6.07) is 17.4. The molecule has 2 heterocycles. The lowest BCUT2D eigenvalue weighted by Crippen LogP contribution is -2.74. The number of β-lactam (4-membered cyclic amide) rings is 1. The third-order valence-electron chi connectivity index (χ3n) is 6.32. The topological polar surface area (TPSA) is 113 Å². The van der Waals surface area contributed by atoms with E-state index in [0.717, 1.165) is 35.3 Å². The molecule has 2 aromatic carbocycles. The maximum atomic E-state index is 13.5. The molecule has 186 valence electrons. The van der Waals surface area contributed by atoms with Crippen LogP contribution in [0.25, 0.3) is 0 Å². The van der Waals surface area contributed by atoms with E-state index in [0.29, 0.717) is 6.54 Å². The maximum absolute atomic E-state index is 13.5. The molecule has 0 spiro atoms. The fourth-order valence-corrected chi connectivity index (χ4v) is 6.61. The number of nitrogens with one attached hydrogen (secondary N) is 1. The number of amides is 1. The molecule has 0 saturated carbocycles.